The molecule has 8 heteroatoms. The molecular formula is C13H21N3O4S. The number of hydrogen-bond donors (Lipinski definition) is 2. The van der Waals surface area contributed by atoms with Gasteiger partial charge in [-0.25, -0.2) is 18.1 Å². The lowest BCUT2D eigenvalue weighted by atomic mass is 9.75. The summed E-state index contributed by atoms with van der Waals surface area (Å²) in [6, 6.07) is 0. The van der Waals surface area contributed by atoms with E-state index in [1.807, 2.05) is 13.8 Å². The number of sulfonamides is 1. The number of carbonyl (C=O) groups is 1. The molecule has 1 saturated carbocycles. The van der Waals surface area contributed by atoms with Gasteiger partial charge in [0.15, 0.2) is 5.03 Å². The average molecular weight is 315 g/mol. The van der Waals surface area contributed by atoms with E-state index in [9.17, 15) is 13.2 Å². The predicted octanol–water partition coefficient (Wildman–Crippen LogP) is 1.21. The molecule has 0 spiro atoms. The molecule has 2 N–H and O–H groups in total. The summed E-state index contributed by atoms with van der Waals surface area (Å²) in [6.07, 6.45) is 4.70. The summed E-state index contributed by atoms with van der Waals surface area (Å²) in [5.74, 6) is -0.615. The third-order valence-electron chi connectivity index (χ3n) is 3.61. The number of aromatic nitrogens is 2. The average Bonchev–Trinajstić information content (AvgIpc) is 2.73. The molecule has 21 heavy (non-hydrogen) atoms. The number of carboxylic acid groups (broad SMARTS) is 1. The fourth-order valence-corrected chi connectivity index (χ4v) is 3.96. The van der Waals surface area contributed by atoms with Crippen LogP contribution in [0.15, 0.2) is 17.6 Å². The van der Waals surface area contributed by atoms with Crippen molar-refractivity contribution in [3.63, 3.8) is 0 Å². The van der Waals surface area contributed by atoms with Crippen LogP contribution in [0.2, 0.25) is 0 Å². The first-order chi connectivity index (χ1) is 9.72. The lowest BCUT2D eigenvalue weighted by molar-refractivity contribution is -0.139. The predicted molar refractivity (Wildman–Crippen MR) is 76.2 cm³/mol. The summed E-state index contributed by atoms with van der Waals surface area (Å²) in [5.41, 5.74) is -0.855. The van der Waals surface area contributed by atoms with E-state index in [-0.39, 0.29) is 11.4 Å². The Labute approximate surface area is 124 Å². The van der Waals surface area contributed by atoms with Gasteiger partial charge in [-0.15, -0.1) is 0 Å². The fourth-order valence-electron chi connectivity index (χ4n) is 2.55. The molecule has 0 saturated heterocycles. The molecular weight excluding hydrogens is 294 g/mol. The van der Waals surface area contributed by atoms with Crippen molar-refractivity contribution in [2.24, 2.45) is 5.92 Å². The first-order valence-corrected chi connectivity index (χ1v) is 8.48. The van der Waals surface area contributed by atoms with Crippen LogP contribution in [0.1, 0.15) is 39.5 Å². The Hall–Kier alpha value is -1.41. The largest absolute Gasteiger partial charge is 0.481 e. The van der Waals surface area contributed by atoms with Crippen LogP contribution in [0.3, 0.4) is 0 Å². The first kappa shape index (κ1) is 16.0. The van der Waals surface area contributed by atoms with Crippen molar-refractivity contribution in [1.82, 2.24) is 14.3 Å². The van der Waals surface area contributed by atoms with Crippen LogP contribution in [0, 0.1) is 5.92 Å². The molecule has 0 radical (unpaired) electrons. The normalized spacial score (nSPS) is 17.7. The summed E-state index contributed by atoms with van der Waals surface area (Å²) >= 11 is 0. The number of nitrogens with one attached hydrogen (secondary N) is 1. The van der Waals surface area contributed by atoms with E-state index >= 15 is 0 Å². The molecule has 2 rings (SSSR count). The molecule has 0 bridgehead atoms. The third-order valence-corrected chi connectivity index (χ3v) is 5.08. The van der Waals surface area contributed by atoms with Crippen molar-refractivity contribution in [2.45, 2.75) is 56.6 Å². The smallest absolute Gasteiger partial charge is 0.305 e. The van der Waals surface area contributed by atoms with Crippen molar-refractivity contribution in [3.8, 4) is 0 Å². The van der Waals surface area contributed by atoms with Gasteiger partial charge in [-0.05, 0) is 25.2 Å². The van der Waals surface area contributed by atoms with Crippen LogP contribution in [0.25, 0.3) is 0 Å². The SMILES string of the molecule is CC(C)Cn1cnc(S(=O)(=O)NC2(CC(=O)O)CCC2)c1. The lowest BCUT2D eigenvalue weighted by Gasteiger charge is -2.40. The Morgan fingerprint density at radius 1 is 1.52 bits per heavy atom. The first-order valence-electron chi connectivity index (χ1n) is 7.00. The number of imidazole rings is 1. The molecule has 1 aliphatic carbocycles. The summed E-state index contributed by atoms with van der Waals surface area (Å²) in [5, 5.41) is 8.87. The second-order valence-corrected chi connectivity index (χ2v) is 7.74. The number of aliphatic carboxylic acids is 1. The number of hydrogen-bond acceptors (Lipinski definition) is 4. The zero-order valence-corrected chi connectivity index (χ0v) is 13.1. The molecule has 1 aromatic heterocycles. The van der Waals surface area contributed by atoms with Crippen LogP contribution in [-0.2, 0) is 21.4 Å². The minimum absolute atomic E-state index is 0.0557. The zero-order valence-electron chi connectivity index (χ0n) is 12.2. The number of nitrogens with zero attached hydrogens (tertiary/aromatic N) is 2. The van der Waals surface area contributed by atoms with Crippen molar-refractivity contribution in [3.05, 3.63) is 12.5 Å². The Bertz CT molecular complexity index is 617. The molecule has 7 nitrogen and oxygen atoms in total. The van der Waals surface area contributed by atoms with Crippen LogP contribution in [-0.4, -0.2) is 34.6 Å². The second-order valence-electron chi connectivity index (χ2n) is 6.11. The van der Waals surface area contributed by atoms with Gasteiger partial charge in [0, 0.05) is 18.3 Å². The highest BCUT2D eigenvalue weighted by molar-refractivity contribution is 7.89. The van der Waals surface area contributed by atoms with E-state index in [0.29, 0.717) is 25.3 Å². The molecule has 0 unspecified atom stereocenters. The molecule has 0 atom stereocenters. The van der Waals surface area contributed by atoms with Gasteiger partial charge in [0.25, 0.3) is 10.0 Å². The Morgan fingerprint density at radius 2 is 2.19 bits per heavy atom. The van der Waals surface area contributed by atoms with Crippen molar-refractivity contribution >= 4 is 16.0 Å². The fraction of sp³-hybridized carbons (Fsp3) is 0.692. The zero-order chi connectivity index (χ0) is 15.7. The van der Waals surface area contributed by atoms with Gasteiger partial charge in [-0.2, -0.15) is 0 Å². The molecule has 1 heterocycles. The van der Waals surface area contributed by atoms with E-state index in [4.69, 9.17) is 5.11 Å². The molecule has 0 amide bonds. The summed E-state index contributed by atoms with van der Waals surface area (Å²) in [6.45, 7) is 4.74. The number of carboxylic acids is 1. The molecule has 1 fully saturated rings. The summed E-state index contributed by atoms with van der Waals surface area (Å²) in [4.78, 5) is 14.8. The molecule has 1 aromatic rings. The molecule has 118 valence electrons. The summed E-state index contributed by atoms with van der Waals surface area (Å²) in [7, 11) is -3.78. The topological polar surface area (TPSA) is 101 Å². The number of rotatable bonds is 7. The highest BCUT2D eigenvalue weighted by Gasteiger charge is 2.43. The van der Waals surface area contributed by atoms with Crippen LogP contribution < -0.4 is 4.72 Å². The van der Waals surface area contributed by atoms with Gasteiger partial charge in [-0.3, -0.25) is 4.79 Å². The summed E-state index contributed by atoms with van der Waals surface area (Å²) < 4.78 is 28.9. The monoisotopic (exact) mass is 315 g/mol. The Balaban J connectivity index is 2.14. The van der Waals surface area contributed by atoms with Gasteiger partial charge in [0.1, 0.15) is 0 Å². The standard InChI is InChI=1S/C13H21N3O4S/c1-10(2)7-16-8-11(14-9-16)21(19,20)15-13(4-3-5-13)6-12(17)18/h8-10,15H,3-7H2,1-2H3,(H,17,18). The highest BCUT2D eigenvalue weighted by Crippen LogP contribution is 2.36. The van der Waals surface area contributed by atoms with E-state index < -0.39 is 21.5 Å². The molecule has 0 aliphatic heterocycles. The maximum absolute atomic E-state index is 12.3. The van der Waals surface area contributed by atoms with E-state index in [0.717, 1.165) is 6.42 Å². The third kappa shape index (κ3) is 3.82. The maximum atomic E-state index is 12.3. The van der Waals surface area contributed by atoms with Gasteiger partial charge in [0.2, 0.25) is 0 Å². The van der Waals surface area contributed by atoms with Crippen molar-refractivity contribution < 1.29 is 18.3 Å². The van der Waals surface area contributed by atoms with E-state index in [1.165, 1.54) is 12.5 Å². The van der Waals surface area contributed by atoms with Crippen LogP contribution in [0.5, 0.6) is 0 Å². The van der Waals surface area contributed by atoms with Gasteiger partial charge in [0.05, 0.1) is 12.7 Å². The lowest BCUT2D eigenvalue weighted by Crippen LogP contribution is -2.54. The highest BCUT2D eigenvalue weighted by atomic mass is 32.2. The van der Waals surface area contributed by atoms with Crippen LogP contribution in [0.4, 0.5) is 0 Å². The van der Waals surface area contributed by atoms with Gasteiger partial charge < -0.3 is 9.67 Å². The van der Waals surface area contributed by atoms with Gasteiger partial charge >= 0.3 is 5.97 Å². The van der Waals surface area contributed by atoms with Crippen LogP contribution >= 0.6 is 0 Å². The Morgan fingerprint density at radius 3 is 2.67 bits per heavy atom. The van der Waals surface area contributed by atoms with Crippen molar-refractivity contribution in [2.75, 3.05) is 0 Å². The van der Waals surface area contributed by atoms with Gasteiger partial charge in [-0.1, -0.05) is 13.8 Å². The minimum atomic E-state index is -3.78. The van der Waals surface area contributed by atoms with E-state index in [2.05, 4.69) is 9.71 Å². The maximum Gasteiger partial charge on any atom is 0.305 e. The van der Waals surface area contributed by atoms with E-state index in [1.54, 1.807) is 4.57 Å². The Kier molecular flexibility index (Phi) is 4.38. The molecule has 0 aromatic carbocycles. The second kappa shape index (κ2) is 5.76. The van der Waals surface area contributed by atoms with Crippen molar-refractivity contribution in [1.29, 1.82) is 0 Å². The quantitative estimate of drug-likeness (QED) is 0.787. The minimum Gasteiger partial charge on any atom is -0.481 e. The molecule has 1 aliphatic rings.